The van der Waals surface area contributed by atoms with Gasteiger partial charge in [0, 0.05) is 16.4 Å². The number of ether oxygens (including phenoxy) is 2. The first-order chi connectivity index (χ1) is 11.0. The summed E-state index contributed by atoms with van der Waals surface area (Å²) < 4.78 is 9.69. The highest BCUT2D eigenvalue weighted by Gasteiger charge is 2.50. The number of fused-ring (bicyclic) bond motifs is 2. The minimum atomic E-state index is -0.964. The fraction of sp³-hybridized carbons (Fsp3) is 0.812. The van der Waals surface area contributed by atoms with Crippen LogP contribution in [0.3, 0.4) is 0 Å². The van der Waals surface area contributed by atoms with Crippen molar-refractivity contribution in [1.29, 1.82) is 0 Å². The molecule has 0 bridgehead atoms. The van der Waals surface area contributed by atoms with E-state index in [1.54, 1.807) is 0 Å². The summed E-state index contributed by atoms with van der Waals surface area (Å²) in [5, 5.41) is 10.6. The van der Waals surface area contributed by atoms with Crippen LogP contribution < -0.4 is 0 Å². The van der Waals surface area contributed by atoms with E-state index in [0.717, 1.165) is 32.1 Å². The number of carbonyl (C=O) groups excluding carboxylic acids is 3. The molecule has 0 amide bonds. The number of thioether (sulfide) groups is 1. The topological polar surface area (TPSA) is 89.9 Å². The molecule has 2 aliphatic heterocycles. The summed E-state index contributed by atoms with van der Waals surface area (Å²) in [5.41, 5.74) is 0. The normalized spacial score (nSPS) is 46.1. The van der Waals surface area contributed by atoms with Gasteiger partial charge in [0.1, 0.15) is 0 Å². The van der Waals surface area contributed by atoms with Gasteiger partial charge in [0.2, 0.25) is 6.29 Å². The predicted molar refractivity (Wildman–Crippen MR) is 80.0 cm³/mol. The van der Waals surface area contributed by atoms with Crippen molar-refractivity contribution in [2.45, 2.75) is 55.3 Å². The Labute approximate surface area is 138 Å². The van der Waals surface area contributed by atoms with Gasteiger partial charge in [-0.1, -0.05) is 0 Å². The van der Waals surface area contributed by atoms with Gasteiger partial charge in [0.25, 0.3) is 0 Å². The van der Waals surface area contributed by atoms with E-state index in [-0.39, 0.29) is 41.6 Å². The van der Waals surface area contributed by atoms with E-state index in [4.69, 9.17) is 9.47 Å². The van der Waals surface area contributed by atoms with E-state index in [1.165, 1.54) is 0 Å². The van der Waals surface area contributed by atoms with E-state index < -0.39 is 6.29 Å². The molecule has 0 aromatic rings. The Balaban J connectivity index is 1.35. The molecule has 0 aromatic heterocycles. The molecule has 23 heavy (non-hydrogen) atoms. The fourth-order valence-electron chi connectivity index (χ4n) is 4.51. The molecular weight excluding hydrogens is 320 g/mol. The Morgan fingerprint density at radius 2 is 1.48 bits per heavy atom. The second kappa shape index (κ2) is 5.77. The fourth-order valence-corrected chi connectivity index (χ4v) is 6.25. The van der Waals surface area contributed by atoms with Crippen LogP contribution in [0, 0.1) is 23.7 Å². The zero-order valence-corrected chi connectivity index (χ0v) is 13.5. The van der Waals surface area contributed by atoms with Crippen LogP contribution in [-0.2, 0) is 23.9 Å². The summed E-state index contributed by atoms with van der Waals surface area (Å²) in [6.45, 7) is 0. The average molecular weight is 340 g/mol. The van der Waals surface area contributed by atoms with Gasteiger partial charge >= 0.3 is 17.9 Å². The van der Waals surface area contributed by atoms with Gasteiger partial charge in [-0.3, -0.25) is 14.4 Å². The zero-order chi connectivity index (χ0) is 16.1. The number of aliphatic hydroxyl groups excluding tert-OH is 1. The molecule has 7 atom stereocenters. The van der Waals surface area contributed by atoms with E-state index in [9.17, 15) is 19.5 Å². The molecule has 4 rings (SSSR count). The zero-order valence-electron chi connectivity index (χ0n) is 12.7. The van der Waals surface area contributed by atoms with Crippen LogP contribution in [0.15, 0.2) is 0 Å². The molecule has 2 saturated carbocycles. The average Bonchev–Trinajstić information content (AvgIpc) is 2.96. The van der Waals surface area contributed by atoms with Gasteiger partial charge < -0.3 is 14.6 Å². The van der Waals surface area contributed by atoms with Crippen LogP contribution in [0.25, 0.3) is 0 Å². The predicted octanol–water partition coefficient (Wildman–Crippen LogP) is 1.25. The number of hydrogen-bond donors (Lipinski definition) is 1. The van der Waals surface area contributed by atoms with Crippen molar-refractivity contribution in [1.82, 2.24) is 0 Å². The summed E-state index contributed by atoms with van der Waals surface area (Å²) in [5.74, 6) is -1.74. The smallest absolute Gasteiger partial charge is 0.317 e. The Hall–Kier alpha value is -1.08. The van der Waals surface area contributed by atoms with Crippen molar-refractivity contribution in [3.8, 4) is 0 Å². The van der Waals surface area contributed by atoms with E-state index in [2.05, 4.69) is 0 Å². The lowest BCUT2D eigenvalue weighted by Gasteiger charge is -2.34. The molecule has 7 unspecified atom stereocenters. The molecule has 1 N–H and O–H groups in total. The van der Waals surface area contributed by atoms with Crippen LogP contribution in [0.2, 0.25) is 0 Å². The van der Waals surface area contributed by atoms with Crippen molar-refractivity contribution in [2.75, 3.05) is 0 Å². The van der Waals surface area contributed by atoms with Crippen LogP contribution in [0.4, 0.5) is 0 Å². The van der Waals surface area contributed by atoms with Gasteiger partial charge in [-0.05, 0) is 38.5 Å². The molecule has 0 radical (unpaired) electrons. The van der Waals surface area contributed by atoms with E-state index in [1.807, 2.05) is 11.8 Å². The van der Waals surface area contributed by atoms with Crippen molar-refractivity contribution in [2.24, 2.45) is 23.7 Å². The summed E-state index contributed by atoms with van der Waals surface area (Å²) in [6, 6.07) is 0. The molecular formula is C16H20O6S. The van der Waals surface area contributed by atoms with Gasteiger partial charge in [-0.2, -0.15) is 11.8 Å². The number of hydrogen-bond acceptors (Lipinski definition) is 7. The maximum absolute atomic E-state index is 11.7. The highest BCUT2D eigenvalue weighted by molar-refractivity contribution is 8.00. The summed E-state index contributed by atoms with van der Waals surface area (Å²) in [7, 11) is 0. The SMILES string of the molecule is O=C1OC(=O)C2CC(SC3CCC4C(=O)OC(O)C4C3)CCC12. The van der Waals surface area contributed by atoms with Gasteiger partial charge in [-0.25, -0.2) is 0 Å². The summed E-state index contributed by atoms with van der Waals surface area (Å²) in [4.78, 5) is 35.0. The Bertz CT molecular complexity index is 549. The van der Waals surface area contributed by atoms with Gasteiger partial charge in [-0.15, -0.1) is 0 Å². The largest absolute Gasteiger partial charge is 0.435 e. The van der Waals surface area contributed by atoms with Crippen molar-refractivity contribution >= 4 is 29.7 Å². The minimum Gasteiger partial charge on any atom is -0.435 e. The van der Waals surface area contributed by atoms with Crippen LogP contribution in [0.1, 0.15) is 38.5 Å². The Morgan fingerprint density at radius 1 is 0.826 bits per heavy atom. The molecule has 7 heteroatoms. The molecule has 126 valence electrons. The molecule has 4 aliphatic rings. The van der Waals surface area contributed by atoms with Crippen LogP contribution >= 0.6 is 11.8 Å². The molecule has 4 fully saturated rings. The number of cyclic esters (lactones) is 3. The first-order valence-electron chi connectivity index (χ1n) is 8.32. The maximum Gasteiger partial charge on any atom is 0.317 e. The molecule has 2 aliphatic carbocycles. The highest BCUT2D eigenvalue weighted by atomic mass is 32.2. The number of carbonyl (C=O) groups is 3. The van der Waals surface area contributed by atoms with Gasteiger partial charge in [0.05, 0.1) is 17.8 Å². The third-order valence-corrected chi connectivity index (χ3v) is 7.38. The lowest BCUT2D eigenvalue weighted by atomic mass is 9.80. The summed E-state index contributed by atoms with van der Waals surface area (Å²) in [6.07, 6.45) is 3.83. The molecule has 0 spiro atoms. The van der Waals surface area contributed by atoms with Crippen molar-refractivity contribution < 1.29 is 29.0 Å². The number of aliphatic hydroxyl groups is 1. The minimum absolute atomic E-state index is 0.0943. The lowest BCUT2D eigenvalue weighted by molar-refractivity contribution is -0.157. The second-order valence-corrected chi connectivity index (χ2v) is 8.66. The van der Waals surface area contributed by atoms with Crippen LogP contribution in [-0.4, -0.2) is 39.8 Å². The lowest BCUT2D eigenvalue weighted by Crippen LogP contribution is -2.33. The third kappa shape index (κ3) is 2.67. The monoisotopic (exact) mass is 340 g/mol. The standard InChI is InChI=1S/C16H20O6S/c17-13-9-3-1-7(5-11(9)15(19)21-13)23-8-2-4-10-12(6-8)16(20)22-14(10)18/h7-12,15,19H,1-6H2. The molecule has 2 saturated heterocycles. The van der Waals surface area contributed by atoms with Crippen LogP contribution in [0.5, 0.6) is 0 Å². The number of rotatable bonds is 2. The first kappa shape index (κ1) is 15.4. The Kier molecular flexibility index (Phi) is 3.88. The van der Waals surface area contributed by atoms with E-state index >= 15 is 0 Å². The quantitative estimate of drug-likeness (QED) is 0.597. The summed E-state index contributed by atoms with van der Waals surface area (Å²) >= 11 is 1.85. The van der Waals surface area contributed by atoms with Crippen molar-refractivity contribution in [3.05, 3.63) is 0 Å². The molecule has 2 heterocycles. The Morgan fingerprint density at radius 3 is 2.26 bits per heavy atom. The highest BCUT2D eigenvalue weighted by Crippen LogP contribution is 2.47. The second-order valence-electron chi connectivity index (χ2n) is 7.06. The number of esters is 3. The van der Waals surface area contributed by atoms with Gasteiger partial charge in [0.15, 0.2) is 0 Å². The molecule has 6 nitrogen and oxygen atoms in total. The maximum atomic E-state index is 11.7. The van der Waals surface area contributed by atoms with Crippen molar-refractivity contribution in [3.63, 3.8) is 0 Å². The molecule has 0 aromatic carbocycles. The van der Waals surface area contributed by atoms with E-state index in [0.29, 0.717) is 16.9 Å². The first-order valence-corrected chi connectivity index (χ1v) is 9.26. The third-order valence-electron chi connectivity index (χ3n) is 5.75.